The molecular formula is C35H42N6O7S. The van der Waals surface area contributed by atoms with Crippen LogP contribution in [-0.2, 0) is 22.5 Å². The molecule has 260 valence electrons. The molecule has 2 aliphatic heterocycles. The maximum atomic E-state index is 13.1. The van der Waals surface area contributed by atoms with Crippen LogP contribution in [0.1, 0.15) is 60.0 Å². The summed E-state index contributed by atoms with van der Waals surface area (Å²) in [6.45, 7) is 9.51. The number of aryl methyl sites for hydroxylation is 1. The fraction of sp³-hybridized carbons (Fsp3) is 0.400. The molecule has 4 N–H and O–H groups in total. The van der Waals surface area contributed by atoms with Crippen molar-refractivity contribution in [1.29, 1.82) is 0 Å². The molecule has 13 nitrogen and oxygen atoms in total. The van der Waals surface area contributed by atoms with E-state index >= 15 is 0 Å². The van der Waals surface area contributed by atoms with Crippen LogP contribution in [0.4, 0.5) is 11.5 Å². The number of aromatic nitrogens is 2. The van der Waals surface area contributed by atoms with Crippen molar-refractivity contribution >= 4 is 44.3 Å². The number of hydrogen-bond acceptors (Lipinski definition) is 9. The van der Waals surface area contributed by atoms with E-state index in [9.17, 15) is 23.1 Å². The number of hydrogen-bond donors (Lipinski definition) is 3. The SMILES string of the molecule is COc1c(C(N)=O)cc(C(C)(C)C)c(-c2c(C(=O)O)n(C)c3c(Oc4ccnc(N5CCN6CCCC6C5)c4)cccc23)c1NS(C)(=O)=O. The van der Waals surface area contributed by atoms with Crippen LogP contribution in [0, 0.1) is 0 Å². The lowest BCUT2D eigenvalue weighted by Gasteiger charge is -2.38. The van der Waals surface area contributed by atoms with Crippen LogP contribution >= 0.6 is 0 Å². The molecule has 0 saturated carbocycles. The van der Waals surface area contributed by atoms with E-state index in [1.165, 1.54) is 24.5 Å². The summed E-state index contributed by atoms with van der Waals surface area (Å²) in [5, 5.41) is 11.2. The van der Waals surface area contributed by atoms with Gasteiger partial charge in [-0.2, -0.15) is 0 Å². The molecule has 1 amide bonds. The smallest absolute Gasteiger partial charge is 0.353 e. The Labute approximate surface area is 285 Å². The molecule has 2 fully saturated rings. The van der Waals surface area contributed by atoms with Gasteiger partial charge in [0.2, 0.25) is 10.0 Å². The van der Waals surface area contributed by atoms with Gasteiger partial charge in [-0.15, -0.1) is 0 Å². The number of rotatable bonds is 9. The molecule has 0 bridgehead atoms. The summed E-state index contributed by atoms with van der Waals surface area (Å²) in [5.74, 6) is -0.470. The third-order valence-corrected chi connectivity index (χ3v) is 9.90. The first-order valence-corrected chi connectivity index (χ1v) is 18.0. The van der Waals surface area contributed by atoms with Crippen molar-refractivity contribution in [3.63, 3.8) is 0 Å². The van der Waals surface area contributed by atoms with Crippen molar-refractivity contribution in [2.75, 3.05) is 49.2 Å². The minimum Gasteiger partial charge on any atom is -0.494 e. The number of carboxylic acid groups (broad SMARTS) is 1. The Kier molecular flexibility index (Phi) is 8.74. The molecule has 2 aromatic carbocycles. The molecular weight excluding hydrogens is 648 g/mol. The number of piperazine rings is 1. The van der Waals surface area contributed by atoms with Crippen molar-refractivity contribution in [2.24, 2.45) is 12.8 Å². The van der Waals surface area contributed by atoms with Gasteiger partial charge in [0.25, 0.3) is 5.91 Å². The van der Waals surface area contributed by atoms with Crippen LogP contribution in [0.3, 0.4) is 0 Å². The molecule has 2 aromatic heterocycles. The van der Waals surface area contributed by atoms with E-state index < -0.39 is 27.3 Å². The van der Waals surface area contributed by atoms with Crippen molar-refractivity contribution in [1.82, 2.24) is 14.5 Å². The molecule has 0 spiro atoms. The number of amides is 1. The average Bonchev–Trinajstić information content (AvgIpc) is 3.61. The number of nitrogens with two attached hydrogens (primary N) is 1. The van der Waals surface area contributed by atoms with Crippen LogP contribution in [0.2, 0.25) is 0 Å². The number of nitrogens with one attached hydrogen (secondary N) is 1. The molecule has 4 aromatic rings. The van der Waals surface area contributed by atoms with E-state index in [-0.39, 0.29) is 33.8 Å². The number of carbonyl (C=O) groups is 2. The number of pyridine rings is 1. The van der Waals surface area contributed by atoms with Crippen LogP contribution in [0.15, 0.2) is 42.6 Å². The zero-order valence-electron chi connectivity index (χ0n) is 28.5. The topological polar surface area (TPSA) is 169 Å². The highest BCUT2D eigenvalue weighted by Crippen LogP contribution is 2.50. The number of primary amides is 1. The van der Waals surface area contributed by atoms with Crippen molar-refractivity contribution in [3.8, 4) is 28.4 Å². The Hall–Kier alpha value is -4.82. The van der Waals surface area contributed by atoms with Crippen LogP contribution in [-0.4, -0.2) is 85.4 Å². The zero-order valence-corrected chi connectivity index (χ0v) is 29.3. The van der Waals surface area contributed by atoms with Gasteiger partial charge < -0.3 is 29.8 Å². The quantitative estimate of drug-likeness (QED) is 0.222. The monoisotopic (exact) mass is 690 g/mol. The normalized spacial score (nSPS) is 16.9. The first-order chi connectivity index (χ1) is 23.1. The number of benzene rings is 2. The van der Waals surface area contributed by atoms with Crippen molar-refractivity contribution < 1.29 is 32.6 Å². The number of anilines is 2. The van der Waals surface area contributed by atoms with E-state index in [1.807, 2.05) is 26.8 Å². The summed E-state index contributed by atoms with van der Waals surface area (Å²) in [5.41, 5.74) is 6.20. The first kappa shape index (κ1) is 34.1. The summed E-state index contributed by atoms with van der Waals surface area (Å²) in [7, 11) is -1.05. The number of ether oxygens (including phenoxy) is 2. The fourth-order valence-corrected chi connectivity index (χ4v) is 7.78. The highest BCUT2D eigenvalue weighted by atomic mass is 32.2. The Morgan fingerprint density at radius 2 is 1.86 bits per heavy atom. The lowest BCUT2D eigenvalue weighted by atomic mass is 9.79. The average molecular weight is 691 g/mol. The Bertz CT molecular complexity index is 2090. The van der Waals surface area contributed by atoms with Crippen LogP contribution in [0.5, 0.6) is 17.2 Å². The van der Waals surface area contributed by atoms with Crippen molar-refractivity contribution in [2.45, 2.75) is 45.1 Å². The molecule has 1 atom stereocenters. The van der Waals surface area contributed by atoms with Gasteiger partial charge in [-0.3, -0.25) is 14.4 Å². The van der Waals surface area contributed by atoms with E-state index in [4.69, 9.17) is 15.2 Å². The Morgan fingerprint density at radius 1 is 1.10 bits per heavy atom. The standard InChI is InChI=1S/C35H42N6O7S/c1-35(2,3)24-18-23(33(36)42)32(47-5)29(38-49(6,45)46)28(24)27-22-10-7-11-25(30(22)39(4)31(27)34(43)44)48-21-12-13-37-26(17-21)41-16-15-40-14-8-9-20(40)19-41/h7,10-13,17-18,20,38H,8-9,14-16,19H2,1-6H3,(H2,36,42)(H,43,44). The summed E-state index contributed by atoms with van der Waals surface area (Å²) in [4.78, 5) is 35.2. The van der Waals surface area contributed by atoms with E-state index in [1.54, 1.807) is 43.6 Å². The highest BCUT2D eigenvalue weighted by molar-refractivity contribution is 7.92. The highest BCUT2D eigenvalue weighted by Gasteiger charge is 2.35. The Morgan fingerprint density at radius 3 is 2.51 bits per heavy atom. The lowest BCUT2D eigenvalue weighted by molar-refractivity contribution is 0.0687. The molecule has 4 heterocycles. The van der Waals surface area contributed by atoms with Gasteiger partial charge >= 0.3 is 5.97 Å². The third kappa shape index (κ3) is 6.37. The maximum absolute atomic E-state index is 13.1. The number of sulfonamides is 1. The summed E-state index contributed by atoms with van der Waals surface area (Å²) in [6, 6.07) is 11.0. The molecule has 6 rings (SSSR count). The fourth-order valence-electron chi connectivity index (χ4n) is 7.22. The number of methoxy groups -OCH3 is 1. The van der Waals surface area contributed by atoms with Gasteiger partial charge in [-0.25, -0.2) is 18.2 Å². The number of fused-ring (bicyclic) bond motifs is 2. The largest absolute Gasteiger partial charge is 0.494 e. The minimum atomic E-state index is -3.97. The molecule has 2 saturated heterocycles. The van der Waals surface area contributed by atoms with E-state index in [0.717, 1.165) is 38.3 Å². The summed E-state index contributed by atoms with van der Waals surface area (Å²) in [6.07, 6.45) is 5.05. The zero-order chi connectivity index (χ0) is 35.4. The molecule has 14 heteroatoms. The number of carbonyl (C=O) groups excluding carboxylic acids is 1. The van der Waals surface area contributed by atoms with Crippen LogP contribution < -0.4 is 24.8 Å². The second kappa shape index (κ2) is 12.6. The molecule has 2 aliphatic rings. The summed E-state index contributed by atoms with van der Waals surface area (Å²) >= 11 is 0. The predicted octanol–water partition coefficient (Wildman–Crippen LogP) is 4.79. The third-order valence-electron chi connectivity index (χ3n) is 9.33. The number of carboxylic acids is 1. The summed E-state index contributed by atoms with van der Waals surface area (Å²) < 4.78 is 41.7. The first-order valence-electron chi connectivity index (χ1n) is 16.1. The van der Waals surface area contributed by atoms with Gasteiger partial charge in [0.1, 0.15) is 17.3 Å². The maximum Gasteiger partial charge on any atom is 0.353 e. The number of para-hydroxylation sites is 1. The number of nitrogens with zero attached hydrogens (tertiary/aromatic N) is 4. The second-order valence-electron chi connectivity index (χ2n) is 13.7. The van der Waals surface area contributed by atoms with Crippen LogP contribution in [0.25, 0.3) is 22.0 Å². The minimum absolute atomic E-state index is 0.0497. The van der Waals surface area contributed by atoms with Gasteiger partial charge in [0.15, 0.2) is 11.5 Å². The van der Waals surface area contributed by atoms with E-state index in [2.05, 4.69) is 19.5 Å². The molecule has 0 aliphatic carbocycles. The molecule has 1 unspecified atom stereocenters. The lowest BCUT2D eigenvalue weighted by Crippen LogP contribution is -2.50. The van der Waals surface area contributed by atoms with E-state index in [0.29, 0.717) is 34.0 Å². The van der Waals surface area contributed by atoms with Gasteiger partial charge in [-0.05, 0) is 48.6 Å². The van der Waals surface area contributed by atoms with Gasteiger partial charge in [0.05, 0.1) is 30.1 Å². The Balaban J connectivity index is 1.56. The van der Waals surface area contributed by atoms with Crippen molar-refractivity contribution in [3.05, 3.63) is 59.4 Å². The van der Waals surface area contributed by atoms with Gasteiger partial charge in [0, 0.05) is 61.5 Å². The molecule has 49 heavy (non-hydrogen) atoms. The predicted molar refractivity (Wildman–Crippen MR) is 189 cm³/mol. The number of aromatic carboxylic acids is 1. The second-order valence-corrected chi connectivity index (χ2v) is 15.5. The molecule has 0 radical (unpaired) electrons. The van der Waals surface area contributed by atoms with Gasteiger partial charge in [-0.1, -0.05) is 32.9 Å².